The van der Waals surface area contributed by atoms with Gasteiger partial charge in [-0.05, 0) is 110 Å². The van der Waals surface area contributed by atoms with Gasteiger partial charge < -0.3 is 9.32 Å². The molecule has 0 saturated carbocycles. The van der Waals surface area contributed by atoms with E-state index in [1.165, 1.54) is 44.5 Å². The number of hydrogen-bond acceptors (Lipinski definition) is 2. The van der Waals surface area contributed by atoms with Crippen molar-refractivity contribution in [1.29, 1.82) is 0 Å². The number of fused-ring (bicyclic) bond motifs is 6. The van der Waals surface area contributed by atoms with E-state index in [9.17, 15) is 0 Å². The van der Waals surface area contributed by atoms with Crippen LogP contribution in [0, 0.1) is 0 Å². The second kappa shape index (κ2) is 15.1. The van der Waals surface area contributed by atoms with Crippen LogP contribution >= 0.6 is 0 Å². The third-order valence-corrected chi connectivity index (χ3v) is 13.0. The van der Waals surface area contributed by atoms with E-state index >= 15 is 0 Å². The molecule has 0 aliphatic heterocycles. The van der Waals surface area contributed by atoms with E-state index in [1.54, 1.807) is 0 Å². The molecule has 1 aliphatic carbocycles. The molecule has 0 amide bonds. The summed E-state index contributed by atoms with van der Waals surface area (Å²) in [6.45, 7) is 0. The second-order valence-corrected chi connectivity index (χ2v) is 16.4. The minimum absolute atomic E-state index is 0.457. The van der Waals surface area contributed by atoms with Crippen LogP contribution in [-0.2, 0) is 5.41 Å². The van der Waals surface area contributed by atoms with Crippen molar-refractivity contribution in [2.24, 2.45) is 0 Å². The summed E-state index contributed by atoms with van der Waals surface area (Å²) < 4.78 is 6.52. The lowest BCUT2D eigenvalue weighted by Gasteiger charge is -2.34. The minimum atomic E-state index is -0.457. The second-order valence-electron chi connectivity index (χ2n) is 16.4. The molecule has 296 valence electrons. The van der Waals surface area contributed by atoms with Gasteiger partial charge in [-0.15, -0.1) is 0 Å². The van der Waals surface area contributed by atoms with Crippen molar-refractivity contribution in [3.05, 3.63) is 271 Å². The summed E-state index contributed by atoms with van der Waals surface area (Å²) in [7, 11) is 0. The van der Waals surface area contributed by atoms with Crippen LogP contribution in [0.3, 0.4) is 0 Å². The Hall–Kier alpha value is -8.20. The zero-order chi connectivity index (χ0) is 41.7. The number of furan rings is 1. The summed E-state index contributed by atoms with van der Waals surface area (Å²) >= 11 is 0. The smallest absolute Gasteiger partial charge is 0.143 e. The molecule has 1 aromatic heterocycles. The van der Waals surface area contributed by atoms with Gasteiger partial charge in [0.25, 0.3) is 0 Å². The molecule has 0 saturated heterocycles. The standard InChI is InChI=1S/C61H41NO/c1-5-16-42(17-6-1)43-28-33-49(34-29-43)62(50-35-30-44(31-36-50)46-32-39-59-56(40-46)54-26-15-25-52(60(54)63-59)45-18-7-2-8-19-45)51-37-38-58-55(41-51)53-24-13-14-27-57(53)61(58,47-20-9-3-10-21-47)48-22-11-4-12-23-48/h1-41H. The Morgan fingerprint density at radius 3 is 1.44 bits per heavy atom. The fourth-order valence-corrected chi connectivity index (χ4v) is 10.1. The van der Waals surface area contributed by atoms with E-state index in [2.05, 4.69) is 248 Å². The van der Waals surface area contributed by atoms with Gasteiger partial charge in [-0.2, -0.15) is 0 Å². The minimum Gasteiger partial charge on any atom is -0.455 e. The van der Waals surface area contributed by atoms with Crippen molar-refractivity contribution in [2.75, 3.05) is 4.90 Å². The van der Waals surface area contributed by atoms with Crippen molar-refractivity contribution in [2.45, 2.75) is 5.41 Å². The lowest BCUT2D eigenvalue weighted by atomic mass is 9.68. The number of para-hydroxylation sites is 1. The van der Waals surface area contributed by atoms with Crippen LogP contribution in [0.2, 0.25) is 0 Å². The number of nitrogens with zero attached hydrogens (tertiary/aromatic N) is 1. The molecule has 63 heavy (non-hydrogen) atoms. The van der Waals surface area contributed by atoms with E-state index < -0.39 is 5.41 Å². The SMILES string of the molecule is c1ccc(-c2ccc(N(c3ccc(-c4ccc5oc6c(-c7ccccc7)cccc6c5c4)cc3)c3ccc4c(c3)-c3ccccc3C4(c3ccccc3)c3ccccc3)cc2)cc1. The first-order valence-electron chi connectivity index (χ1n) is 21.7. The Labute approximate surface area is 367 Å². The fraction of sp³-hybridized carbons (Fsp3) is 0.0164. The van der Waals surface area contributed by atoms with E-state index in [0.29, 0.717) is 0 Å². The molecule has 0 unspecified atom stereocenters. The summed E-state index contributed by atoms with van der Waals surface area (Å²) in [4.78, 5) is 2.39. The first-order valence-corrected chi connectivity index (χ1v) is 21.7. The van der Waals surface area contributed by atoms with Gasteiger partial charge in [-0.1, -0.05) is 200 Å². The quantitative estimate of drug-likeness (QED) is 0.152. The van der Waals surface area contributed by atoms with E-state index in [1.807, 2.05) is 6.07 Å². The van der Waals surface area contributed by atoms with Crippen LogP contribution in [0.15, 0.2) is 253 Å². The van der Waals surface area contributed by atoms with Crippen LogP contribution < -0.4 is 4.90 Å². The highest BCUT2D eigenvalue weighted by molar-refractivity contribution is 6.10. The van der Waals surface area contributed by atoms with Gasteiger partial charge in [-0.3, -0.25) is 0 Å². The molecule has 0 atom stereocenters. The normalized spacial score (nSPS) is 12.6. The third-order valence-electron chi connectivity index (χ3n) is 13.0. The first-order chi connectivity index (χ1) is 31.2. The van der Waals surface area contributed by atoms with E-state index in [0.717, 1.165) is 61.3 Å². The predicted octanol–water partition coefficient (Wildman–Crippen LogP) is 16.4. The molecular formula is C61H41NO. The molecule has 12 rings (SSSR count). The average molecular weight is 804 g/mol. The molecule has 0 spiro atoms. The van der Waals surface area contributed by atoms with Gasteiger partial charge in [-0.25, -0.2) is 0 Å². The highest BCUT2D eigenvalue weighted by Gasteiger charge is 2.46. The summed E-state index contributed by atoms with van der Waals surface area (Å²) in [5.41, 5.74) is 19.2. The fourth-order valence-electron chi connectivity index (χ4n) is 10.1. The van der Waals surface area contributed by atoms with Crippen LogP contribution in [0.1, 0.15) is 22.3 Å². The van der Waals surface area contributed by atoms with Crippen LogP contribution in [0.5, 0.6) is 0 Å². The number of anilines is 3. The van der Waals surface area contributed by atoms with Gasteiger partial charge in [0.2, 0.25) is 0 Å². The maximum Gasteiger partial charge on any atom is 0.143 e. The van der Waals surface area contributed by atoms with E-state index in [4.69, 9.17) is 4.42 Å². The molecule has 0 bridgehead atoms. The van der Waals surface area contributed by atoms with Crippen LogP contribution in [0.25, 0.3) is 66.4 Å². The highest BCUT2D eigenvalue weighted by atomic mass is 16.3. The maximum atomic E-state index is 6.52. The third kappa shape index (κ3) is 6.02. The zero-order valence-corrected chi connectivity index (χ0v) is 34.5. The Balaban J connectivity index is 0.986. The molecule has 1 aliphatic rings. The van der Waals surface area contributed by atoms with Gasteiger partial charge in [0, 0.05) is 33.4 Å². The summed E-state index contributed by atoms with van der Waals surface area (Å²) in [5.74, 6) is 0. The molecule has 10 aromatic carbocycles. The first kappa shape index (κ1) is 36.6. The van der Waals surface area contributed by atoms with Gasteiger partial charge in [0.15, 0.2) is 0 Å². The monoisotopic (exact) mass is 803 g/mol. The van der Waals surface area contributed by atoms with Crippen LogP contribution in [0.4, 0.5) is 17.1 Å². The molecule has 0 fully saturated rings. The average Bonchev–Trinajstić information content (AvgIpc) is 3.89. The van der Waals surface area contributed by atoms with Crippen molar-refractivity contribution in [1.82, 2.24) is 0 Å². The molecule has 1 heterocycles. The summed E-state index contributed by atoms with van der Waals surface area (Å²) in [6, 6.07) is 90.1. The maximum absolute atomic E-state index is 6.52. The largest absolute Gasteiger partial charge is 0.455 e. The zero-order valence-electron chi connectivity index (χ0n) is 34.5. The molecule has 0 radical (unpaired) electrons. The van der Waals surface area contributed by atoms with Gasteiger partial charge in [0.1, 0.15) is 11.2 Å². The van der Waals surface area contributed by atoms with Crippen LogP contribution in [-0.4, -0.2) is 0 Å². The van der Waals surface area contributed by atoms with Crippen molar-refractivity contribution in [3.63, 3.8) is 0 Å². The number of hydrogen-bond donors (Lipinski definition) is 0. The highest BCUT2D eigenvalue weighted by Crippen LogP contribution is 2.57. The van der Waals surface area contributed by atoms with Gasteiger partial charge >= 0.3 is 0 Å². The van der Waals surface area contributed by atoms with Crippen molar-refractivity contribution >= 4 is 39.0 Å². The molecular weight excluding hydrogens is 763 g/mol. The summed E-state index contributed by atoms with van der Waals surface area (Å²) in [5, 5.41) is 2.24. The van der Waals surface area contributed by atoms with Gasteiger partial charge in [0.05, 0.1) is 5.41 Å². The Kier molecular flexibility index (Phi) is 8.76. The van der Waals surface area contributed by atoms with Crippen molar-refractivity contribution in [3.8, 4) is 44.5 Å². The Morgan fingerprint density at radius 2 is 0.794 bits per heavy atom. The lowest BCUT2D eigenvalue weighted by Crippen LogP contribution is -2.28. The molecule has 2 heteroatoms. The number of benzene rings is 10. The molecule has 0 N–H and O–H groups in total. The Morgan fingerprint density at radius 1 is 0.302 bits per heavy atom. The van der Waals surface area contributed by atoms with Crippen molar-refractivity contribution < 1.29 is 4.42 Å². The lowest BCUT2D eigenvalue weighted by molar-refractivity contribution is 0.670. The Bertz CT molecular complexity index is 3370. The predicted molar refractivity (Wildman–Crippen MR) is 262 cm³/mol. The summed E-state index contributed by atoms with van der Waals surface area (Å²) in [6.07, 6.45) is 0. The number of rotatable bonds is 8. The molecule has 11 aromatic rings. The van der Waals surface area contributed by atoms with E-state index in [-0.39, 0.29) is 0 Å². The topological polar surface area (TPSA) is 16.4 Å². The molecule has 2 nitrogen and oxygen atoms in total.